The summed E-state index contributed by atoms with van der Waals surface area (Å²) in [7, 11) is 0. The van der Waals surface area contributed by atoms with Gasteiger partial charge in [-0.1, -0.05) is 63.7 Å². The zero-order chi connectivity index (χ0) is 18.6. The van der Waals surface area contributed by atoms with E-state index in [2.05, 4.69) is 48.4 Å². The number of aromatic nitrogens is 3. The van der Waals surface area contributed by atoms with Gasteiger partial charge in [0, 0.05) is 11.6 Å². The highest BCUT2D eigenvalue weighted by molar-refractivity contribution is 7.99. The van der Waals surface area contributed by atoms with Crippen molar-refractivity contribution in [3.05, 3.63) is 29.8 Å². The van der Waals surface area contributed by atoms with Crippen LogP contribution in [0.4, 0.5) is 0 Å². The Labute approximate surface area is 153 Å². The van der Waals surface area contributed by atoms with Gasteiger partial charge in [0.15, 0.2) is 5.82 Å². The van der Waals surface area contributed by atoms with Gasteiger partial charge in [0.2, 0.25) is 11.1 Å². The van der Waals surface area contributed by atoms with Crippen LogP contribution in [0.25, 0.3) is 11.4 Å². The van der Waals surface area contributed by atoms with Crippen LogP contribution in [0.3, 0.4) is 0 Å². The topological polar surface area (TPSA) is 85.8 Å². The summed E-state index contributed by atoms with van der Waals surface area (Å²) in [6.07, 6.45) is 0.901. The first-order valence-corrected chi connectivity index (χ1v) is 9.44. The maximum atomic E-state index is 11.9. The van der Waals surface area contributed by atoms with Crippen LogP contribution < -0.4 is 11.2 Å². The van der Waals surface area contributed by atoms with Crippen LogP contribution in [0.1, 0.15) is 46.6 Å². The molecule has 1 aromatic carbocycles. The van der Waals surface area contributed by atoms with E-state index in [1.165, 1.54) is 22.0 Å². The second-order valence-corrected chi connectivity index (χ2v) is 8.11. The van der Waals surface area contributed by atoms with Crippen LogP contribution in [0.15, 0.2) is 29.4 Å². The standard InChI is InChI=1S/C18H27N5OS/c1-6-12(2)20-15(24)11-25-17-22-21-16(23(17)19)13-7-9-14(10-8-13)18(3,4)5/h7-10,12H,6,11,19H2,1-5H3,(H,20,24)/t12-/m1/s1. The van der Waals surface area contributed by atoms with Crippen LogP contribution in [-0.4, -0.2) is 32.6 Å². The minimum absolute atomic E-state index is 0.0292. The van der Waals surface area contributed by atoms with E-state index in [-0.39, 0.29) is 23.1 Å². The molecule has 6 nitrogen and oxygen atoms in total. The lowest BCUT2D eigenvalue weighted by atomic mass is 9.87. The summed E-state index contributed by atoms with van der Waals surface area (Å²) in [4.78, 5) is 11.9. The molecule has 0 aliphatic heterocycles. The Morgan fingerprint density at radius 2 is 1.92 bits per heavy atom. The third-order valence-electron chi connectivity index (χ3n) is 4.03. The molecule has 0 radical (unpaired) electrons. The lowest BCUT2D eigenvalue weighted by molar-refractivity contribution is -0.119. The van der Waals surface area contributed by atoms with E-state index in [1.54, 1.807) is 0 Å². The molecule has 1 heterocycles. The molecule has 0 fully saturated rings. The first kappa shape index (κ1) is 19.3. The van der Waals surface area contributed by atoms with Gasteiger partial charge in [-0.25, -0.2) is 4.68 Å². The summed E-state index contributed by atoms with van der Waals surface area (Å²) >= 11 is 1.28. The van der Waals surface area contributed by atoms with Gasteiger partial charge in [0.1, 0.15) is 0 Å². The fourth-order valence-electron chi connectivity index (χ4n) is 2.24. The highest BCUT2D eigenvalue weighted by Crippen LogP contribution is 2.26. The largest absolute Gasteiger partial charge is 0.353 e. The van der Waals surface area contributed by atoms with Crippen LogP contribution in [0.2, 0.25) is 0 Å². The summed E-state index contributed by atoms with van der Waals surface area (Å²) in [5.74, 6) is 6.94. The molecule has 2 rings (SSSR count). The van der Waals surface area contributed by atoms with Crippen LogP contribution in [0, 0.1) is 0 Å². The minimum atomic E-state index is -0.0292. The Morgan fingerprint density at radius 1 is 1.28 bits per heavy atom. The van der Waals surface area contributed by atoms with Gasteiger partial charge in [-0.3, -0.25) is 4.79 Å². The third-order valence-corrected chi connectivity index (χ3v) is 4.97. The molecule has 136 valence electrons. The van der Waals surface area contributed by atoms with E-state index in [1.807, 2.05) is 26.0 Å². The van der Waals surface area contributed by atoms with Crippen LogP contribution in [-0.2, 0) is 10.2 Å². The number of nitrogens with one attached hydrogen (secondary N) is 1. The monoisotopic (exact) mass is 361 g/mol. The molecule has 0 aliphatic rings. The first-order valence-electron chi connectivity index (χ1n) is 8.46. The molecule has 0 unspecified atom stereocenters. The zero-order valence-electron chi connectivity index (χ0n) is 15.5. The smallest absolute Gasteiger partial charge is 0.230 e. The molecule has 0 spiro atoms. The number of hydrogen-bond acceptors (Lipinski definition) is 5. The van der Waals surface area contributed by atoms with Gasteiger partial charge < -0.3 is 11.2 Å². The minimum Gasteiger partial charge on any atom is -0.353 e. The highest BCUT2D eigenvalue weighted by atomic mass is 32.2. The lowest BCUT2D eigenvalue weighted by Gasteiger charge is -2.19. The van der Waals surface area contributed by atoms with Crippen molar-refractivity contribution in [3.63, 3.8) is 0 Å². The number of hydrogen-bond donors (Lipinski definition) is 2. The molecule has 2 aromatic rings. The highest BCUT2D eigenvalue weighted by Gasteiger charge is 2.16. The summed E-state index contributed by atoms with van der Waals surface area (Å²) < 4.78 is 1.44. The summed E-state index contributed by atoms with van der Waals surface area (Å²) in [5, 5.41) is 11.7. The number of nitrogens with two attached hydrogens (primary N) is 1. The molecule has 7 heteroatoms. The van der Waals surface area contributed by atoms with Gasteiger partial charge in [-0.15, -0.1) is 10.2 Å². The second-order valence-electron chi connectivity index (χ2n) is 7.17. The molecule has 0 saturated heterocycles. The average Bonchev–Trinajstić information content (AvgIpc) is 2.93. The fourth-order valence-corrected chi connectivity index (χ4v) is 2.91. The van der Waals surface area contributed by atoms with Crippen molar-refractivity contribution in [2.75, 3.05) is 11.6 Å². The Morgan fingerprint density at radius 3 is 2.48 bits per heavy atom. The van der Waals surface area contributed by atoms with E-state index < -0.39 is 0 Å². The number of thioether (sulfide) groups is 1. The third kappa shape index (κ3) is 4.98. The fraction of sp³-hybridized carbons (Fsp3) is 0.500. The van der Waals surface area contributed by atoms with Crippen molar-refractivity contribution < 1.29 is 4.79 Å². The molecule has 1 aromatic heterocycles. The predicted molar refractivity (Wildman–Crippen MR) is 103 cm³/mol. The van der Waals surface area contributed by atoms with Crippen molar-refractivity contribution >= 4 is 17.7 Å². The second kappa shape index (κ2) is 7.91. The van der Waals surface area contributed by atoms with E-state index in [0.717, 1.165) is 12.0 Å². The van der Waals surface area contributed by atoms with E-state index in [0.29, 0.717) is 11.0 Å². The van der Waals surface area contributed by atoms with E-state index >= 15 is 0 Å². The van der Waals surface area contributed by atoms with E-state index in [4.69, 9.17) is 5.84 Å². The quantitative estimate of drug-likeness (QED) is 0.610. The number of nitrogen functional groups attached to an aromatic ring is 1. The van der Waals surface area contributed by atoms with Crippen molar-refractivity contribution in [2.24, 2.45) is 0 Å². The zero-order valence-corrected chi connectivity index (χ0v) is 16.4. The van der Waals surface area contributed by atoms with Crippen molar-refractivity contribution in [2.45, 2.75) is 57.7 Å². The molecular formula is C18H27N5OS. The molecule has 0 bridgehead atoms. The molecule has 1 amide bonds. The van der Waals surface area contributed by atoms with Gasteiger partial charge in [-0.2, -0.15) is 0 Å². The van der Waals surface area contributed by atoms with Crippen molar-refractivity contribution in [1.29, 1.82) is 0 Å². The van der Waals surface area contributed by atoms with E-state index in [9.17, 15) is 4.79 Å². The number of benzene rings is 1. The van der Waals surface area contributed by atoms with Gasteiger partial charge >= 0.3 is 0 Å². The maximum absolute atomic E-state index is 11.9. The number of nitrogens with zero attached hydrogens (tertiary/aromatic N) is 3. The molecule has 0 saturated carbocycles. The van der Waals surface area contributed by atoms with Crippen molar-refractivity contribution in [1.82, 2.24) is 20.2 Å². The number of amides is 1. The number of carbonyl (C=O) groups is 1. The summed E-state index contributed by atoms with van der Waals surface area (Å²) in [6, 6.07) is 8.32. The summed E-state index contributed by atoms with van der Waals surface area (Å²) in [5.41, 5.74) is 2.24. The number of carbonyl (C=O) groups excluding carboxylic acids is 1. The molecule has 3 N–H and O–H groups in total. The van der Waals surface area contributed by atoms with Crippen LogP contribution >= 0.6 is 11.8 Å². The lowest BCUT2D eigenvalue weighted by Crippen LogP contribution is -2.33. The molecule has 0 aliphatic carbocycles. The Balaban J connectivity index is 2.07. The molecular weight excluding hydrogens is 334 g/mol. The molecule has 25 heavy (non-hydrogen) atoms. The first-order chi connectivity index (χ1) is 11.7. The average molecular weight is 362 g/mol. The summed E-state index contributed by atoms with van der Waals surface area (Å²) in [6.45, 7) is 10.5. The Kier molecular flexibility index (Phi) is 6.11. The van der Waals surface area contributed by atoms with Crippen molar-refractivity contribution in [3.8, 4) is 11.4 Å². The van der Waals surface area contributed by atoms with Gasteiger partial charge in [0.25, 0.3) is 0 Å². The predicted octanol–water partition coefficient (Wildman–Crippen LogP) is 2.96. The SMILES string of the molecule is CC[C@@H](C)NC(=O)CSc1nnc(-c2ccc(C(C)(C)C)cc2)n1N. The normalized spacial score (nSPS) is 12.8. The maximum Gasteiger partial charge on any atom is 0.230 e. The Bertz CT molecular complexity index is 718. The molecule has 1 atom stereocenters. The Hall–Kier alpha value is -2.02. The number of rotatable bonds is 6. The van der Waals surface area contributed by atoms with Crippen LogP contribution in [0.5, 0.6) is 0 Å². The van der Waals surface area contributed by atoms with Gasteiger partial charge in [0.05, 0.1) is 5.75 Å². The van der Waals surface area contributed by atoms with Gasteiger partial charge in [-0.05, 0) is 24.3 Å².